The summed E-state index contributed by atoms with van der Waals surface area (Å²) in [6, 6.07) is 0. The van der Waals surface area contributed by atoms with Gasteiger partial charge in [0.25, 0.3) is 0 Å². The number of rotatable bonds is 1. The van der Waals surface area contributed by atoms with Crippen LogP contribution in [0.3, 0.4) is 0 Å². The minimum Gasteiger partial charge on any atom is -0.388 e. The normalized spacial score (nSPS) is 49.2. The second kappa shape index (κ2) is 3.99. The van der Waals surface area contributed by atoms with E-state index in [9.17, 15) is 5.11 Å². The Morgan fingerprint density at radius 2 is 1.58 bits per heavy atom. The van der Waals surface area contributed by atoms with Crippen molar-refractivity contribution in [2.75, 3.05) is 5.33 Å². The molecule has 12 heavy (non-hydrogen) atoms. The third-order valence-corrected chi connectivity index (χ3v) is 2.48. The largest absolute Gasteiger partial charge is 0.388 e. The number of hydrogen-bond acceptors (Lipinski definition) is 5. The Balaban J connectivity index is 2.63. The second-order valence-corrected chi connectivity index (χ2v) is 3.34. The average Bonchev–Trinajstić information content (AvgIpc) is 2.08. The first-order chi connectivity index (χ1) is 5.57. The summed E-state index contributed by atoms with van der Waals surface area (Å²) in [5, 5.41) is 36.7. The second-order valence-electron chi connectivity index (χ2n) is 2.69. The van der Waals surface area contributed by atoms with Gasteiger partial charge in [-0.2, -0.15) is 0 Å². The van der Waals surface area contributed by atoms with Gasteiger partial charge in [0, 0.05) is 5.33 Å². The van der Waals surface area contributed by atoms with Crippen LogP contribution < -0.4 is 0 Å². The Bertz CT molecular complexity index is 150. The highest BCUT2D eigenvalue weighted by Crippen LogP contribution is 2.20. The molecule has 4 N–H and O–H groups in total. The summed E-state index contributed by atoms with van der Waals surface area (Å²) >= 11 is 3.04. The van der Waals surface area contributed by atoms with E-state index in [0.29, 0.717) is 0 Å². The van der Waals surface area contributed by atoms with E-state index in [-0.39, 0.29) is 5.33 Å². The molecule has 6 heteroatoms. The van der Waals surface area contributed by atoms with Crippen LogP contribution in [0.1, 0.15) is 0 Å². The lowest BCUT2D eigenvalue weighted by atomic mass is 10.0. The van der Waals surface area contributed by atoms with Crippen LogP contribution in [0.5, 0.6) is 0 Å². The Morgan fingerprint density at radius 1 is 1.00 bits per heavy atom. The molecule has 0 aromatic rings. The summed E-state index contributed by atoms with van der Waals surface area (Å²) in [7, 11) is 0. The molecule has 1 fully saturated rings. The lowest BCUT2D eigenvalue weighted by Gasteiger charge is -2.37. The van der Waals surface area contributed by atoms with Crippen LogP contribution in [0.2, 0.25) is 0 Å². The first kappa shape index (κ1) is 10.4. The molecular formula is C6H11BrO5. The van der Waals surface area contributed by atoms with Crippen molar-refractivity contribution in [3.63, 3.8) is 0 Å². The van der Waals surface area contributed by atoms with Gasteiger partial charge in [-0.3, -0.25) is 0 Å². The number of hydrogen-bond donors (Lipinski definition) is 4. The number of aliphatic hydroxyl groups is 4. The predicted octanol–water partition coefficient (Wildman–Crippen LogP) is -1.82. The zero-order valence-corrected chi connectivity index (χ0v) is 7.75. The monoisotopic (exact) mass is 242 g/mol. The van der Waals surface area contributed by atoms with Gasteiger partial charge in [0.2, 0.25) is 0 Å². The molecule has 0 aromatic heterocycles. The summed E-state index contributed by atoms with van der Waals surface area (Å²) < 4.78 is 4.78. The Hall–Kier alpha value is 0.280. The van der Waals surface area contributed by atoms with Crippen molar-refractivity contribution < 1.29 is 25.2 Å². The molecule has 0 amide bonds. The van der Waals surface area contributed by atoms with E-state index >= 15 is 0 Å². The molecule has 1 saturated heterocycles. The van der Waals surface area contributed by atoms with Crippen molar-refractivity contribution >= 4 is 15.9 Å². The quantitative estimate of drug-likeness (QED) is 0.407. The molecular weight excluding hydrogens is 232 g/mol. The highest BCUT2D eigenvalue weighted by molar-refractivity contribution is 9.09. The number of alkyl halides is 1. The van der Waals surface area contributed by atoms with Gasteiger partial charge in [-0.15, -0.1) is 0 Å². The standard InChI is InChI=1S/C6H11BrO5/c7-1-2-3(8)4(9)5(10)6(11)12-2/h2-6,8-11H,1H2/t2?,3-,4?,5?,6-/m0/s1. The molecule has 0 saturated carbocycles. The van der Waals surface area contributed by atoms with Crippen LogP contribution in [-0.4, -0.2) is 56.5 Å². The number of aliphatic hydroxyl groups excluding tert-OH is 4. The van der Waals surface area contributed by atoms with Gasteiger partial charge in [0.1, 0.15) is 18.3 Å². The van der Waals surface area contributed by atoms with Crippen molar-refractivity contribution in [2.45, 2.75) is 30.7 Å². The molecule has 0 spiro atoms. The third kappa shape index (κ3) is 1.78. The molecule has 1 aliphatic heterocycles. The van der Waals surface area contributed by atoms with E-state index in [2.05, 4.69) is 15.9 Å². The van der Waals surface area contributed by atoms with Crippen molar-refractivity contribution in [3.8, 4) is 0 Å². The molecule has 5 nitrogen and oxygen atoms in total. The van der Waals surface area contributed by atoms with Gasteiger partial charge < -0.3 is 25.2 Å². The van der Waals surface area contributed by atoms with Crippen LogP contribution in [0, 0.1) is 0 Å². The minimum atomic E-state index is -1.45. The molecule has 0 radical (unpaired) electrons. The van der Waals surface area contributed by atoms with Crippen LogP contribution in [0.15, 0.2) is 0 Å². The van der Waals surface area contributed by atoms with Crippen LogP contribution in [-0.2, 0) is 4.74 Å². The van der Waals surface area contributed by atoms with Crippen molar-refractivity contribution in [2.24, 2.45) is 0 Å². The Morgan fingerprint density at radius 3 is 2.08 bits per heavy atom. The fourth-order valence-electron chi connectivity index (χ4n) is 1.06. The molecule has 5 atom stereocenters. The summed E-state index contributed by atoms with van der Waals surface area (Å²) in [5.74, 6) is 0. The molecule has 1 aliphatic rings. The van der Waals surface area contributed by atoms with E-state index in [4.69, 9.17) is 20.1 Å². The highest BCUT2D eigenvalue weighted by atomic mass is 79.9. The fraction of sp³-hybridized carbons (Fsp3) is 1.00. The highest BCUT2D eigenvalue weighted by Gasteiger charge is 2.42. The molecule has 0 aliphatic carbocycles. The zero-order valence-electron chi connectivity index (χ0n) is 6.17. The summed E-state index contributed by atoms with van der Waals surface area (Å²) in [6.07, 6.45) is -6.13. The Kier molecular flexibility index (Phi) is 3.45. The fourth-order valence-corrected chi connectivity index (χ4v) is 1.59. The first-order valence-electron chi connectivity index (χ1n) is 3.51. The Labute approximate surface area is 77.7 Å². The van der Waals surface area contributed by atoms with Gasteiger partial charge in [-0.05, 0) is 0 Å². The average molecular weight is 243 g/mol. The van der Waals surface area contributed by atoms with Crippen LogP contribution in [0.4, 0.5) is 0 Å². The lowest BCUT2D eigenvalue weighted by molar-refractivity contribution is -0.276. The van der Waals surface area contributed by atoms with Gasteiger partial charge in [0.15, 0.2) is 6.29 Å². The lowest BCUT2D eigenvalue weighted by Crippen LogP contribution is -2.57. The van der Waals surface area contributed by atoms with Crippen LogP contribution in [0.25, 0.3) is 0 Å². The molecule has 3 unspecified atom stereocenters. The van der Waals surface area contributed by atoms with Gasteiger partial charge >= 0.3 is 0 Å². The van der Waals surface area contributed by atoms with Gasteiger partial charge in [0.05, 0.1) is 6.10 Å². The van der Waals surface area contributed by atoms with Crippen LogP contribution >= 0.6 is 15.9 Å². The summed E-state index contributed by atoms with van der Waals surface area (Å²) in [5.41, 5.74) is 0. The van der Waals surface area contributed by atoms with E-state index < -0.39 is 30.7 Å². The molecule has 72 valence electrons. The maximum Gasteiger partial charge on any atom is 0.183 e. The van der Waals surface area contributed by atoms with E-state index in [1.54, 1.807) is 0 Å². The van der Waals surface area contributed by atoms with Crippen molar-refractivity contribution in [1.82, 2.24) is 0 Å². The molecule has 0 aromatic carbocycles. The maximum atomic E-state index is 9.25. The SMILES string of the molecule is OC1C(O)[C@@H](O)OC(CBr)[C@@H]1O. The van der Waals surface area contributed by atoms with Gasteiger partial charge in [-0.1, -0.05) is 15.9 Å². The smallest absolute Gasteiger partial charge is 0.183 e. The van der Waals surface area contributed by atoms with E-state index in [0.717, 1.165) is 0 Å². The molecule has 0 bridgehead atoms. The van der Waals surface area contributed by atoms with Crippen molar-refractivity contribution in [1.29, 1.82) is 0 Å². The third-order valence-electron chi connectivity index (χ3n) is 1.84. The topological polar surface area (TPSA) is 90.2 Å². The molecule has 1 heterocycles. The predicted molar refractivity (Wildman–Crippen MR) is 42.7 cm³/mol. The maximum absolute atomic E-state index is 9.25. The van der Waals surface area contributed by atoms with E-state index in [1.807, 2.05) is 0 Å². The first-order valence-corrected chi connectivity index (χ1v) is 4.63. The molecule has 1 rings (SSSR count). The summed E-state index contributed by atoms with van der Waals surface area (Å²) in [4.78, 5) is 0. The number of halogens is 1. The number of ether oxygens (including phenoxy) is 1. The summed E-state index contributed by atoms with van der Waals surface area (Å²) in [6.45, 7) is 0. The van der Waals surface area contributed by atoms with Gasteiger partial charge in [-0.25, -0.2) is 0 Å². The van der Waals surface area contributed by atoms with Crippen molar-refractivity contribution in [3.05, 3.63) is 0 Å². The minimum absolute atomic E-state index is 0.287. The van der Waals surface area contributed by atoms with E-state index in [1.165, 1.54) is 0 Å². The zero-order chi connectivity index (χ0) is 9.30.